The minimum absolute atomic E-state index is 0.0711. The van der Waals surface area contributed by atoms with E-state index in [2.05, 4.69) is 15.1 Å². The molecule has 3 saturated heterocycles. The molecule has 12 heteroatoms. The van der Waals surface area contributed by atoms with Gasteiger partial charge in [0.1, 0.15) is 18.4 Å². The second-order valence-electron chi connectivity index (χ2n) is 11.1. The summed E-state index contributed by atoms with van der Waals surface area (Å²) in [5, 5.41) is 11.3. The molecule has 2 aromatic rings. The largest absolute Gasteiger partial charge is 0.492 e. The van der Waals surface area contributed by atoms with Crippen LogP contribution in [0.5, 0.6) is 5.75 Å². The summed E-state index contributed by atoms with van der Waals surface area (Å²) in [5.74, 6) is -2.63. The molecule has 0 radical (unpaired) electrons. The normalized spacial score (nSPS) is 22.3. The van der Waals surface area contributed by atoms with E-state index in [0.29, 0.717) is 25.5 Å². The number of nitrogens with one attached hydrogen (secondary N) is 1. The van der Waals surface area contributed by atoms with Crippen LogP contribution in [0.3, 0.4) is 0 Å². The Kier molecular flexibility index (Phi) is 7.42. The van der Waals surface area contributed by atoms with Crippen LogP contribution in [0.25, 0.3) is 0 Å². The number of ether oxygens (including phenoxy) is 2. The summed E-state index contributed by atoms with van der Waals surface area (Å²) in [7, 11) is 0. The van der Waals surface area contributed by atoms with E-state index in [0.717, 1.165) is 49.6 Å². The molecule has 12 nitrogen and oxygen atoms in total. The standard InChI is InChI=1S/C30H32N4O8/c35-25-8-7-24(26(36)31-25)34-27(37)22-6-5-21(17-23(22)28(34)38)41-15-13-32-14-16-42-30(18-32)9-11-33(12-10-30)20-3-1-19(2-4-20)29(39)40/h1-6,17,24H,7-16,18H2,(H,39,40)(H,31,35,36). The number of nitrogens with zero attached hydrogens (tertiary/aromatic N) is 3. The van der Waals surface area contributed by atoms with Gasteiger partial charge in [0, 0.05) is 44.8 Å². The van der Waals surface area contributed by atoms with Crippen molar-refractivity contribution in [3.05, 3.63) is 59.2 Å². The molecule has 3 fully saturated rings. The molecule has 6 rings (SSSR count). The zero-order chi connectivity index (χ0) is 29.4. The highest BCUT2D eigenvalue weighted by Crippen LogP contribution is 2.33. The molecular weight excluding hydrogens is 544 g/mol. The number of hydrogen-bond acceptors (Lipinski definition) is 9. The average molecular weight is 577 g/mol. The zero-order valence-corrected chi connectivity index (χ0v) is 23.0. The number of carboxylic acids is 1. The van der Waals surface area contributed by atoms with E-state index in [-0.39, 0.29) is 35.1 Å². The summed E-state index contributed by atoms with van der Waals surface area (Å²) in [6, 6.07) is 10.7. The van der Waals surface area contributed by atoms with Crippen LogP contribution in [0.4, 0.5) is 5.69 Å². The van der Waals surface area contributed by atoms with Gasteiger partial charge in [-0.1, -0.05) is 0 Å². The third-order valence-corrected chi connectivity index (χ3v) is 8.57. The number of carbonyl (C=O) groups excluding carboxylic acids is 4. The van der Waals surface area contributed by atoms with E-state index >= 15 is 0 Å². The average Bonchev–Trinajstić information content (AvgIpc) is 3.22. The summed E-state index contributed by atoms with van der Waals surface area (Å²) >= 11 is 0. The fourth-order valence-electron chi connectivity index (χ4n) is 6.24. The Balaban J connectivity index is 1.01. The van der Waals surface area contributed by atoms with E-state index < -0.39 is 35.6 Å². The highest BCUT2D eigenvalue weighted by atomic mass is 16.5. The summed E-state index contributed by atoms with van der Waals surface area (Å²) < 4.78 is 12.2. The topological polar surface area (TPSA) is 146 Å². The maximum atomic E-state index is 13.1. The van der Waals surface area contributed by atoms with Crippen molar-refractivity contribution in [1.82, 2.24) is 15.1 Å². The van der Waals surface area contributed by atoms with Gasteiger partial charge in [0.05, 0.1) is 28.9 Å². The minimum Gasteiger partial charge on any atom is -0.492 e. The molecule has 0 bridgehead atoms. The Labute approximate surface area is 242 Å². The quantitative estimate of drug-likeness (QED) is 0.466. The Morgan fingerprint density at radius 3 is 2.45 bits per heavy atom. The lowest BCUT2D eigenvalue weighted by atomic mass is 9.89. The van der Waals surface area contributed by atoms with Crippen LogP contribution in [-0.2, 0) is 14.3 Å². The van der Waals surface area contributed by atoms with Gasteiger partial charge < -0.3 is 19.5 Å². The first-order valence-electron chi connectivity index (χ1n) is 14.2. The lowest BCUT2D eigenvalue weighted by molar-refractivity contribution is -0.136. The van der Waals surface area contributed by atoms with Crippen molar-refractivity contribution >= 4 is 35.3 Å². The number of hydrogen-bond donors (Lipinski definition) is 2. The lowest BCUT2D eigenvalue weighted by Gasteiger charge is -2.47. The van der Waals surface area contributed by atoms with Crippen molar-refractivity contribution in [1.29, 1.82) is 0 Å². The minimum atomic E-state index is -1.00. The van der Waals surface area contributed by atoms with Crippen LogP contribution in [0, 0.1) is 0 Å². The Morgan fingerprint density at radius 2 is 1.74 bits per heavy atom. The number of carbonyl (C=O) groups is 5. The van der Waals surface area contributed by atoms with Crippen molar-refractivity contribution in [2.24, 2.45) is 0 Å². The van der Waals surface area contributed by atoms with Gasteiger partial charge in [0.25, 0.3) is 11.8 Å². The van der Waals surface area contributed by atoms with Crippen LogP contribution in [0.2, 0.25) is 0 Å². The number of aromatic carboxylic acids is 1. The molecule has 0 aliphatic carbocycles. The van der Waals surface area contributed by atoms with E-state index in [1.165, 1.54) is 0 Å². The number of amides is 4. The van der Waals surface area contributed by atoms with Crippen molar-refractivity contribution in [2.75, 3.05) is 50.8 Å². The molecule has 4 aliphatic rings. The monoisotopic (exact) mass is 576 g/mol. The third-order valence-electron chi connectivity index (χ3n) is 8.57. The van der Waals surface area contributed by atoms with E-state index in [1.54, 1.807) is 30.3 Å². The van der Waals surface area contributed by atoms with Crippen LogP contribution < -0.4 is 15.0 Å². The van der Waals surface area contributed by atoms with Gasteiger partial charge in [0.15, 0.2) is 0 Å². The first kappa shape index (κ1) is 27.9. The molecule has 1 unspecified atom stereocenters. The maximum absolute atomic E-state index is 13.1. The molecule has 0 saturated carbocycles. The Morgan fingerprint density at radius 1 is 1.00 bits per heavy atom. The highest BCUT2D eigenvalue weighted by molar-refractivity contribution is 6.23. The van der Waals surface area contributed by atoms with Crippen molar-refractivity contribution in [3.63, 3.8) is 0 Å². The molecule has 0 aromatic heterocycles. The predicted molar refractivity (Wildman–Crippen MR) is 149 cm³/mol. The van der Waals surface area contributed by atoms with Crippen molar-refractivity contribution < 1.29 is 38.6 Å². The first-order valence-corrected chi connectivity index (χ1v) is 14.2. The number of carboxylic acid groups (broad SMARTS) is 1. The number of anilines is 1. The van der Waals surface area contributed by atoms with Crippen LogP contribution in [-0.4, -0.2) is 102 Å². The van der Waals surface area contributed by atoms with E-state index in [1.807, 2.05) is 12.1 Å². The van der Waals surface area contributed by atoms with Gasteiger partial charge in [-0.25, -0.2) is 4.79 Å². The summed E-state index contributed by atoms with van der Waals surface area (Å²) in [5.41, 5.74) is 1.45. The molecule has 2 aromatic carbocycles. The van der Waals surface area contributed by atoms with Crippen LogP contribution in [0.1, 0.15) is 56.8 Å². The zero-order valence-electron chi connectivity index (χ0n) is 23.0. The van der Waals surface area contributed by atoms with Gasteiger partial charge in [-0.15, -0.1) is 0 Å². The fraction of sp³-hybridized carbons (Fsp3) is 0.433. The lowest BCUT2D eigenvalue weighted by Crippen LogP contribution is -2.57. The molecule has 4 aliphatic heterocycles. The summed E-state index contributed by atoms with van der Waals surface area (Å²) in [6.45, 7) is 4.86. The van der Waals surface area contributed by atoms with Crippen LogP contribution in [0.15, 0.2) is 42.5 Å². The van der Waals surface area contributed by atoms with Gasteiger partial charge in [0.2, 0.25) is 11.8 Å². The maximum Gasteiger partial charge on any atom is 0.335 e. The Bertz CT molecular complexity index is 1430. The highest BCUT2D eigenvalue weighted by Gasteiger charge is 2.45. The van der Waals surface area contributed by atoms with Crippen molar-refractivity contribution in [2.45, 2.75) is 37.3 Å². The predicted octanol–water partition coefficient (Wildman–Crippen LogP) is 1.54. The number of fused-ring (bicyclic) bond motifs is 1. The number of rotatable bonds is 7. The molecule has 42 heavy (non-hydrogen) atoms. The second kappa shape index (κ2) is 11.2. The van der Waals surface area contributed by atoms with Crippen LogP contribution >= 0.6 is 0 Å². The fourth-order valence-corrected chi connectivity index (χ4v) is 6.24. The SMILES string of the molecule is O=C1CCC(N2C(=O)c3ccc(OCCN4CCOC5(CCN(c6ccc(C(=O)O)cc6)CC5)C4)cc3C2=O)C(=O)N1. The molecular formula is C30H32N4O8. The summed E-state index contributed by atoms with van der Waals surface area (Å²) in [4.78, 5) is 66.4. The molecule has 4 amide bonds. The molecule has 220 valence electrons. The van der Waals surface area contributed by atoms with Gasteiger partial charge in [-0.05, 0) is 61.7 Å². The molecule has 2 N–H and O–H groups in total. The Hall–Kier alpha value is -4.29. The van der Waals surface area contributed by atoms with Gasteiger partial charge >= 0.3 is 5.97 Å². The second-order valence-corrected chi connectivity index (χ2v) is 11.1. The first-order chi connectivity index (χ1) is 20.2. The van der Waals surface area contributed by atoms with Gasteiger partial charge in [-0.3, -0.25) is 34.3 Å². The number of benzene rings is 2. The smallest absolute Gasteiger partial charge is 0.335 e. The number of imide groups is 2. The molecule has 1 spiro atoms. The number of piperidine rings is 2. The summed E-state index contributed by atoms with van der Waals surface area (Å²) in [6.07, 6.45) is 1.89. The molecule has 1 atom stereocenters. The van der Waals surface area contributed by atoms with Crippen molar-refractivity contribution in [3.8, 4) is 5.75 Å². The third kappa shape index (κ3) is 5.35. The van der Waals surface area contributed by atoms with Gasteiger partial charge in [-0.2, -0.15) is 0 Å². The molecule has 4 heterocycles. The van der Waals surface area contributed by atoms with E-state index in [9.17, 15) is 24.0 Å². The van der Waals surface area contributed by atoms with E-state index in [4.69, 9.17) is 14.6 Å². The number of morpholine rings is 1.